The first kappa shape index (κ1) is 8.41. The smallest absolute Gasteiger partial charge is 0.0658 e. The van der Waals surface area contributed by atoms with Crippen LogP contribution in [0.3, 0.4) is 0 Å². The van der Waals surface area contributed by atoms with Crippen LogP contribution < -0.4 is 0 Å². The van der Waals surface area contributed by atoms with Crippen molar-refractivity contribution in [2.24, 2.45) is 0 Å². The summed E-state index contributed by atoms with van der Waals surface area (Å²) in [7, 11) is 0. The average Bonchev–Trinajstić information content (AvgIpc) is 2.15. The molecular formula is C8H16OS. The van der Waals surface area contributed by atoms with E-state index in [0.29, 0.717) is 10.5 Å². The lowest BCUT2D eigenvalue weighted by Gasteiger charge is -2.15. The highest BCUT2D eigenvalue weighted by Crippen LogP contribution is 2.32. The van der Waals surface area contributed by atoms with Crippen molar-refractivity contribution in [3.05, 3.63) is 0 Å². The Bertz CT molecular complexity index is 103. The van der Waals surface area contributed by atoms with Crippen LogP contribution in [0.2, 0.25) is 0 Å². The molecule has 1 aliphatic rings. The van der Waals surface area contributed by atoms with Crippen molar-refractivity contribution in [1.82, 2.24) is 0 Å². The van der Waals surface area contributed by atoms with Crippen LogP contribution in [0.5, 0.6) is 0 Å². The zero-order valence-corrected chi connectivity index (χ0v) is 7.53. The highest BCUT2D eigenvalue weighted by atomic mass is 32.2. The third-order valence-electron chi connectivity index (χ3n) is 1.86. The highest BCUT2D eigenvalue weighted by Gasteiger charge is 2.25. The van der Waals surface area contributed by atoms with E-state index in [1.165, 1.54) is 12.8 Å². The lowest BCUT2D eigenvalue weighted by Crippen LogP contribution is -2.17. The van der Waals surface area contributed by atoms with Crippen LogP contribution in [0, 0.1) is 0 Å². The molecule has 0 unspecified atom stereocenters. The summed E-state index contributed by atoms with van der Waals surface area (Å²) in [5.41, 5.74) is 0. The quantitative estimate of drug-likeness (QED) is 0.667. The van der Waals surface area contributed by atoms with Gasteiger partial charge in [-0.2, -0.15) is 11.8 Å². The predicted molar refractivity (Wildman–Crippen MR) is 46.4 cm³/mol. The van der Waals surface area contributed by atoms with Crippen molar-refractivity contribution in [2.75, 3.05) is 0 Å². The summed E-state index contributed by atoms with van der Waals surface area (Å²) in [6.07, 6.45) is 3.42. The molecule has 0 heterocycles. The Labute approximate surface area is 67.2 Å². The number of hydrogen-bond acceptors (Lipinski definition) is 2. The molecule has 60 valence electrons. The van der Waals surface area contributed by atoms with Crippen molar-refractivity contribution in [3.63, 3.8) is 0 Å². The van der Waals surface area contributed by atoms with Crippen molar-refractivity contribution >= 4 is 11.8 Å². The summed E-state index contributed by atoms with van der Waals surface area (Å²) in [4.78, 5) is 0. The molecule has 10 heavy (non-hydrogen) atoms. The molecule has 0 saturated heterocycles. The fraction of sp³-hybridized carbons (Fsp3) is 1.00. The fourth-order valence-corrected chi connectivity index (χ4v) is 2.73. The molecule has 0 bridgehead atoms. The Morgan fingerprint density at radius 3 is 2.50 bits per heavy atom. The topological polar surface area (TPSA) is 20.2 Å². The van der Waals surface area contributed by atoms with Crippen LogP contribution in [0.25, 0.3) is 0 Å². The first-order valence-corrected chi connectivity index (χ1v) is 4.98. The molecular weight excluding hydrogens is 144 g/mol. The minimum atomic E-state index is -0.0209. The normalized spacial score (nSPS) is 33.6. The molecule has 1 nitrogen and oxygen atoms in total. The molecule has 0 spiro atoms. The zero-order valence-electron chi connectivity index (χ0n) is 6.71. The van der Waals surface area contributed by atoms with Crippen LogP contribution in [0.15, 0.2) is 0 Å². The number of aliphatic hydroxyl groups excluding tert-OH is 1. The van der Waals surface area contributed by atoms with E-state index >= 15 is 0 Å². The Morgan fingerprint density at radius 1 is 1.40 bits per heavy atom. The SMILES string of the molecule is CC(C)S[C@@H]1CCC[C@H]1O. The molecule has 1 N–H and O–H groups in total. The lowest BCUT2D eigenvalue weighted by molar-refractivity contribution is 0.188. The number of rotatable bonds is 2. The van der Waals surface area contributed by atoms with E-state index < -0.39 is 0 Å². The van der Waals surface area contributed by atoms with Gasteiger partial charge in [0.15, 0.2) is 0 Å². The van der Waals surface area contributed by atoms with Gasteiger partial charge in [-0.1, -0.05) is 13.8 Å². The maximum absolute atomic E-state index is 9.42. The molecule has 1 saturated carbocycles. The monoisotopic (exact) mass is 160 g/mol. The van der Waals surface area contributed by atoms with Gasteiger partial charge in [0.25, 0.3) is 0 Å². The van der Waals surface area contributed by atoms with E-state index in [2.05, 4.69) is 13.8 Å². The van der Waals surface area contributed by atoms with Gasteiger partial charge in [-0.05, 0) is 24.5 Å². The summed E-state index contributed by atoms with van der Waals surface area (Å²) < 4.78 is 0. The summed E-state index contributed by atoms with van der Waals surface area (Å²) >= 11 is 1.92. The van der Waals surface area contributed by atoms with Crippen LogP contribution >= 0.6 is 11.8 Å². The van der Waals surface area contributed by atoms with E-state index in [9.17, 15) is 5.11 Å². The van der Waals surface area contributed by atoms with Crippen LogP contribution in [-0.2, 0) is 0 Å². The molecule has 0 aromatic rings. The summed E-state index contributed by atoms with van der Waals surface area (Å²) in [5.74, 6) is 0. The summed E-state index contributed by atoms with van der Waals surface area (Å²) in [6, 6.07) is 0. The van der Waals surface area contributed by atoms with E-state index in [1.54, 1.807) is 0 Å². The highest BCUT2D eigenvalue weighted by molar-refractivity contribution is 8.00. The molecule has 0 amide bonds. The summed E-state index contributed by atoms with van der Waals surface area (Å²) in [6.45, 7) is 4.38. The van der Waals surface area contributed by atoms with E-state index in [-0.39, 0.29) is 6.10 Å². The van der Waals surface area contributed by atoms with Crippen molar-refractivity contribution < 1.29 is 5.11 Å². The van der Waals surface area contributed by atoms with Gasteiger partial charge in [0, 0.05) is 5.25 Å². The van der Waals surface area contributed by atoms with Crippen LogP contribution in [0.1, 0.15) is 33.1 Å². The predicted octanol–water partition coefficient (Wildman–Crippen LogP) is 2.04. The molecule has 1 aliphatic carbocycles. The first-order chi connectivity index (χ1) is 4.70. The maximum atomic E-state index is 9.42. The Balaban J connectivity index is 2.26. The third-order valence-corrected chi connectivity index (χ3v) is 3.31. The van der Waals surface area contributed by atoms with Gasteiger partial charge in [-0.15, -0.1) is 0 Å². The molecule has 0 radical (unpaired) electrons. The van der Waals surface area contributed by atoms with Crippen LogP contribution in [-0.4, -0.2) is 21.7 Å². The Hall–Kier alpha value is 0.310. The van der Waals surface area contributed by atoms with Gasteiger partial charge in [0.2, 0.25) is 0 Å². The lowest BCUT2D eigenvalue weighted by atomic mass is 10.3. The van der Waals surface area contributed by atoms with Crippen molar-refractivity contribution in [2.45, 2.75) is 49.7 Å². The molecule has 0 aromatic heterocycles. The summed E-state index contributed by atoms with van der Waals surface area (Å²) in [5, 5.41) is 10.6. The fourth-order valence-electron chi connectivity index (χ4n) is 1.41. The van der Waals surface area contributed by atoms with E-state index in [4.69, 9.17) is 0 Å². The van der Waals surface area contributed by atoms with Gasteiger partial charge in [-0.25, -0.2) is 0 Å². The third kappa shape index (κ3) is 2.17. The van der Waals surface area contributed by atoms with E-state index in [1.807, 2.05) is 11.8 Å². The van der Waals surface area contributed by atoms with Gasteiger partial charge >= 0.3 is 0 Å². The molecule has 1 fully saturated rings. The Kier molecular flexibility index (Phi) is 3.05. The minimum absolute atomic E-state index is 0.0209. The van der Waals surface area contributed by atoms with Gasteiger partial charge in [0.1, 0.15) is 0 Å². The minimum Gasteiger partial charge on any atom is -0.392 e. The average molecular weight is 160 g/mol. The zero-order chi connectivity index (χ0) is 7.56. The van der Waals surface area contributed by atoms with E-state index in [0.717, 1.165) is 6.42 Å². The maximum Gasteiger partial charge on any atom is 0.0658 e. The number of hydrogen-bond donors (Lipinski definition) is 1. The second-order valence-corrected chi connectivity index (χ2v) is 5.04. The number of aliphatic hydroxyl groups is 1. The van der Waals surface area contributed by atoms with Crippen molar-refractivity contribution in [3.8, 4) is 0 Å². The standard InChI is InChI=1S/C8H16OS/c1-6(2)10-8-5-3-4-7(8)9/h6-9H,3-5H2,1-2H3/t7-,8-/m1/s1. The van der Waals surface area contributed by atoms with Gasteiger partial charge in [-0.3, -0.25) is 0 Å². The molecule has 1 rings (SSSR count). The second kappa shape index (κ2) is 3.63. The Morgan fingerprint density at radius 2 is 2.10 bits per heavy atom. The van der Waals surface area contributed by atoms with Gasteiger partial charge < -0.3 is 5.11 Å². The first-order valence-electron chi connectivity index (χ1n) is 4.03. The molecule has 0 aromatic carbocycles. The number of thioether (sulfide) groups is 1. The molecule has 0 aliphatic heterocycles. The second-order valence-electron chi connectivity index (χ2n) is 3.22. The van der Waals surface area contributed by atoms with Crippen LogP contribution in [0.4, 0.5) is 0 Å². The molecule has 2 heteroatoms. The van der Waals surface area contributed by atoms with Crippen molar-refractivity contribution in [1.29, 1.82) is 0 Å². The largest absolute Gasteiger partial charge is 0.392 e. The van der Waals surface area contributed by atoms with Gasteiger partial charge in [0.05, 0.1) is 6.10 Å². The molecule has 2 atom stereocenters.